The van der Waals surface area contributed by atoms with E-state index in [2.05, 4.69) is 21.1 Å². The number of carbonyl (C=O) groups excluding carboxylic acids is 1. The SMILES string of the molecule is N/C(=N\O)c1ccc(CNC(=O)C(CC2CCCCC2)Nc2cc(-n3cccc3)nc(NC3CC3)n2)cc1. The molecule has 200 valence electrons. The van der Waals surface area contributed by atoms with Crippen molar-refractivity contribution in [2.24, 2.45) is 16.8 Å². The van der Waals surface area contributed by atoms with E-state index in [0.29, 0.717) is 35.8 Å². The molecule has 0 bridgehead atoms. The highest BCUT2D eigenvalue weighted by molar-refractivity contribution is 5.97. The number of hydrogen-bond donors (Lipinski definition) is 5. The van der Waals surface area contributed by atoms with Gasteiger partial charge in [0, 0.05) is 36.6 Å². The molecule has 3 aromatic rings. The van der Waals surface area contributed by atoms with Crippen molar-refractivity contribution >= 4 is 23.5 Å². The summed E-state index contributed by atoms with van der Waals surface area (Å²) in [5, 5.41) is 21.8. The summed E-state index contributed by atoms with van der Waals surface area (Å²) in [5.74, 6) is 2.45. The Kier molecular flexibility index (Phi) is 8.06. The number of benzene rings is 1. The van der Waals surface area contributed by atoms with E-state index in [1.165, 1.54) is 19.3 Å². The number of aromatic nitrogens is 3. The first-order valence-corrected chi connectivity index (χ1v) is 13.5. The lowest BCUT2D eigenvalue weighted by atomic mass is 9.84. The van der Waals surface area contributed by atoms with Gasteiger partial charge in [0.1, 0.15) is 17.7 Å². The number of amides is 1. The third-order valence-corrected chi connectivity index (χ3v) is 7.25. The smallest absolute Gasteiger partial charge is 0.242 e. The van der Waals surface area contributed by atoms with E-state index in [-0.39, 0.29) is 11.7 Å². The monoisotopic (exact) mass is 516 g/mol. The van der Waals surface area contributed by atoms with E-state index in [1.54, 1.807) is 12.1 Å². The van der Waals surface area contributed by atoms with Crippen LogP contribution in [-0.4, -0.2) is 43.6 Å². The van der Waals surface area contributed by atoms with Gasteiger partial charge in [-0.25, -0.2) is 0 Å². The summed E-state index contributed by atoms with van der Waals surface area (Å²) in [6.07, 6.45) is 12.9. The second-order valence-electron chi connectivity index (χ2n) is 10.3. The Morgan fingerprint density at radius 1 is 1.08 bits per heavy atom. The molecule has 38 heavy (non-hydrogen) atoms. The van der Waals surface area contributed by atoms with Crippen molar-refractivity contribution in [2.45, 2.75) is 70.0 Å². The summed E-state index contributed by atoms with van der Waals surface area (Å²) in [6, 6.07) is 13.1. The van der Waals surface area contributed by atoms with Crippen molar-refractivity contribution in [3.8, 4) is 5.82 Å². The molecule has 0 radical (unpaired) electrons. The van der Waals surface area contributed by atoms with Crippen molar-refractivity contribution < 1.29 is 10.0 Å². The van der Waals surface area contributed by atoms with Gasteiger partial charge in [-0.1, -0.05) is 61.5 Å². The van der Waals surface area contributed by atoms with Crippen LogP contribution >= 0.6 is 0 Å². The van der Waals surface area contributed by atoms with Crippen LogP contribution in [0.5, 0.6) is 0 Å². The number of nitrogens with one attached hydrogen (secondary N) is 3. The molecule has 10 heteroatoms. The van der Waals surface area contributed by atoms with Crippen LogP contribution in [0.1, 0.15) is 62.5 Å². The Morgan fingerprint density at radius 2 is 1.82 bits per heavy atom. The molecule has 2 aliphatic carbocycles. The highest BCUT2D eigenvalue weighted by Gasteiger charge is 2.26. The third-order valence-electron chi connectivity index (χ3n) is 7.25. The molecule has 2 heterocycles. The maximum Gasteiger partial charge on any atom is 0.242 e. The fraction of sp³-hybridized carbons (Fsp3) is 0.429. The fourth-order valence-corrected chi connectivity index (χ4v) is 4.93. The molecule has 2 fully saturated rings. The van der Waals surface area contributed by atoms with Crippen LogP contribution < -0.4 is 21.7 Å². The van der Waals surface area contributed by atoms with Crippen molar-refractivity contribution in [3.63, 3.8) is 0 Å². The van der Waals surface area contributed by atoms with E-state index >= 15 is 0 Å². The standard InChI is InChI=1S/C28H36N8O2/c29-26(35-38)21-10-8-20(9-11-21)18-30-27(37)23(16-19-6-2-1-3-7-19)32-24-17-25(36-14-4-5-15-36)34-28(33-24)31-22-12-13-22/h4-5,8-11,14-15,17,19,22-23,38H,1-3,6-7,12-13,16,18H2,(H2,29,35)(H,30,37)(H2,31,32,33,34). The number of nitrogens with two attached hydrogens (primary N) is 1. The topological polar surface area (TPSA) is 142 Å². The zero-order valence-electron chi connectivity index (χ0n) is 21.5. The average Bonchev–Trinajstić information content (AvgIpc) is 3.58. The Hall–Kier alpha value is -4.08. The predicted octanol–water partition coefficient (Wildman–Crippen LogP) is 4.00. The van der Waals surface area contributed by atoms with Gasteiger partial charge in [0.15, 0.2) is 5.84 Å². The molecular weight excluding hydrogens is 480 g/mol. The van der Waals surface area contributed by atoms with Gasteiger partial charge in [0.05, 0.1) is 0 Å². The highest BCUT2D eigenvalue weighted by Crippen LogP contribution is 2.29. The number of nitrogens with zero attached hydrogens (tertiary/aromatic N) is 4. The largest absolute Gasteiger partial charge is 0.409 e. The fourth-order valence-electron chi connectivity index (χ4n) is 4.93. The number of anilines is 2. The molecule has 10 nitrogen and oxygen atoms in total. The maximum atomic E-state index is 13.5. The van der Waals surface area contributed by atoms with Crippen molar-refractivity contribution in [1.82, 2.24) is 19.9 Å². The zero-order valence-corrected chi connectivity index (χ0v) is 21.5. The molecule has 5 rings (SSSR count). The Bertz CT molecular complexity index is 1230. The lowest BCUT2D eigenvalue weighted by Gasteiger charge is -2.27. The summed E-state index contributed by atoms with van der Waals surface area (Å²) >= 11 is 0. The van der Waals surface area contributed by atoms with Crippen LogP contribution in [0.3, 0.4) is 0 Å². The van der Waals surface area contributed by atoms with Gasteiger partial charge < -0.3 is 31.5 Å². The normalized spacial score (nSPS) is 17.1. The average molecular weight is 517 g/mol. The van der Waals surface area contributed by atoms with Crippen LogP contribution in [0, 0.1) is 5.92 Å². The summed E-state index contributed by atoms with van der Waals surface area (Å²) in [7, 11) is 0. The Morgan fingerprint density at radius 3 is 2.50 bits per heavy atom. The van der Waals surface area contributed by atoms with Crippen LogP contribution in [0.2, 0.25) is 0 Å². The van der Waals surface area contributed by atoms with E-state index < -0.39 is 6.04 Å². The molecular formula is C28H36N8O2. The lowest BCUT2D eigenvalue weighted by Crippen LogP contribution is -2.41. The minimum Gasteiger partial charge on any atom is -0.409 e. The van der Waals surface area contributed by atoms with Crippen LogP contribution in [-0.2, 0) is 11.3 Å². The summed E-state index contributed by atoms with van der Waals surface area (Å²) < 4.78 is 1.94. The van der Waals surface area contributed by atoms with Crippen LogP contribution in [0.25, 0.3) is 5.82 Å². The second-order valence-corrected chi connectivity index (χ2v) is 10.3. The minimum atomic E-state index is -0.421. The molecule has 6 N–H and O–H groups in total. The number of carbonyl (C=O) groups is 1. The lowest BCUT2D eigenvalue weighted by molar-refractivity contribution is -0.122. The van der Waals surface area contributed by atoms with Crippen LogP contribution in [0.4, 0.5) is 11.8 Å². The highest BCUT2D eigenvalue weighted by atomic mass is 16.4. The molecule has 1 unspecified atom stereocenters. The number of rotatable bonds is 11. The molecule has 0 aliphatic heterocycles. The zero-order chi connectivity index (χ0) is 26.3. The van der Waals surface area contributed by atoms with Gasteiger partial charge in [-0.3, -0.25) is 4.79 Å². The quantitative estimate of drug-likeness (QED) is 0.112. The van der Waals surface area contributed by atoms with E-state index in [0.717, 1.165) is 43.5 Å². The molecule has 0 saturated heterocycles. The number of oxime groups is 1. The van der Waals surface area contributed by atoms with Crippen molar-refractivity contribution in [1.29, 1.82) is 0 Å². The third kappa shape index (κ3) is 6.81. The predicted molar refractivity (Wildman–Crippen MR) is 147 cm³/mol. The first kappa shape index (κ1) is 25.6. The molecule has 2 aliphatic rings. The maximum absolute atomic E-state index is 13.5. The number of hydrogen-bond acceptors (Lipinski definition) is 7. The van der Waals surface area contributed by atoms with Crippen molar-refractivity contribution in [3.05, 3.63) is 66.0 Å². The number of amidine groups is 1. The van der Waals surface area contributed by atoms with Crippen molar-refractivity contribution in [2.75, 3.05) is 10.6 Å². The van der Waals surface area contributed by atoms with Gasteiger partial charge in [0.25, 0.3) is 0 Å². The van der Waals surface area contributed by atoms with E-state index in [9.17, 15) is 4.79 Å². The minimum absolute atomic E-state index is 0.0528. The Labute approximate surface area is 222 Å². The molecule has 1 amide bonds. The van der Waals surface area contributed by atoms with Gasteiger partial charge in [-0.15, -0.1) is 0 Å². The first-order chi connectivity index (χ1) is 18.6. The van der Waals surface area contributed by atoms with E-state index in [1.807, 2.05) is 47.3 Å². The molecule has 2 saturated carbocycles. The molecule has 1 aromatic carbocycles. The first-order valence-electron chi connectivity index (χ1n) is 13.5. The summed E-state index contributed by atoms with van der Waals surface area (Å²) in [4.78, 5) is 22.9. The Balaban J connectivity index is 1.32. The van der Waals surface area contributed by atoms with Gasteiger partial charge in [0.2, 0.25) is 11.9 Å². The second kappa shape index (κ2) is 12.0. The molecule has 2 aromatic heterocycles. The van der Waals surface area contributed by atoms with Gasteiger partial charge >= 0.3 is 0 Å². The summed E-state index contributed by atoms with van der Waals surface area (Å²) in [5.41, 5.74) is 7.21. The van der Waals surface area contributed by atoms with Gasteiger partial charge in [-0.05, 0) is 42.9 Å². The summed E-state index contributed by atoms with van der Waals surface area (Å²) in [6.45, 7) is 0.380. The van der Waals surface area contributed by atoms with E-state index in [4.69, 9.17) is 20.9 Å². The van der Waals surface area contributed by atoms with Gasteiger partial charge in [-0.2, -0.15) is 9.97 Å². The van der Waals surface area contributed by atoms with Crippen LogP contribution in [0.15, 0.2) is 60.0 Å². The molecule has 0 spiro atoms. The molecule has 1 atom stereocenters.